The van der Waals surface area contributed by atoms with Gasteiger partial charge in [0.2, 0.25) is 6.10 Å². The molecule has 0 fully saturated rings. The lowest BCUT2D eigenvalue weighted by Crippen LogP contribution is -2.25. The van der Waals surface area contributed by atoms with Gasteiger partial charge in [-0.05, 0) is 29.3 Å². The second kappa shape index (κ2) is 11.2. The first-order valence-corrected chi connectivity index (χ1v) is 11.3. The van der Waals surface area contributed by atoms with Crippen LogP contribution >= 0.6 is 0 Å². The average Bonchev–Trinajstić information content (AvgIpc) is 3.30. The van der Waals surface area contributed by atoms with Crippen LogP contribution in [0.4, 0.5) is 0 Å². The van der Waals surface area contributed by atoms with Gasteiger partial charge in [0.25, 0.3) is 0 Å². The van der Waals surface area contributed by atoms with Gasteiger partial charge < -0.3 is 18.8 Å². The molecule has 0 amide bonds. The second-order valence-corrected chi connectivity index (χ2v) is 7.93. The van der Waals surface area contributed by atoms with Gasteiger partial charge in [0.05, 0.1) is 25.5 Å². The molecular formula is C29H25NO6. The van der Waals surface area contributed by atoms with E-state index in [1.807, 2.05) is 60.7 Å². The number of carbonyl (C=O) groups is 3. The van der Waals surface area contributed by atoms with Crippen molar-refractivity contribution in [2.45, 2.75) is 12.6 Å². The van der Waals surface area contributed by atoms with Crippen molar-refractivity contribution in [2.75, 3.05) is 14.2 Å². The first-order chi connectivity index (χ1) is 17.5. The van der Waals surface area contributed by atoms with Gasteiger partial charge in [-0.15, -0.1) is 0 Å². The molecule has 0 aliphatic carbocycles. The summed E-state index contributed by atoms with van der Waals surface area (Å²) in [4.78, 5) is 39.0. The number of hydrogen-bond acceptors (Lipinski definition) is 6. The molecule has 1 atom stereocenters. The first-order valence-electron chi connectivity index (χ1n) is 11.3. The molecule has 0 bridgehead atoms. The summed E-state index contributed by atoms with van der Waals surface area (Å²) in [6, 6.07) is 28.7. The van der Waals surface area contributed by atoms with E-state index in [1.54, 1.807) is 41.0 Å². The van der Waals surface area contributed by atoms with Crippen molar-refractivity contribution in [1.82, 2.24) is 4.57 Å². The maximum absolute atomic E-state index is 13.1. The number of ether oxygens (including phenoxy) is 3. The third-order valence-corrected chi connectivity index (χ3v) is 5.70. The van der Waals surface area contributed by atoms with Crippen molar-refractivity contribution in [2.24, 2.45) is 0 Å². The molecule has 3 aromatic carbocycles. The van der Waals surface area contributed by atoms with Gasteiger partial charge in [0.1, 0.15) is 5.69 Å². The molecule has 0 spiro atoms. The van der Waals surface area contributed by atoms with Crippen LogP contribution in [0.1, 0.15) is 38.2 Å². The Morgan fingerprint density at radius 3 is 1.92 bits per heavy atom. The van der Waals surface area contributed by atoms with E-state index in [9.17, 15) is 14.4 Å². The summed E-state index contributed by atoms with van der Waals surface area (Å²) in [7, 11) is 2.51. The Labute approximate surface area is 208 Å². The fourth-order valence-corrected chi connectivity index (χ4v) is 3.98. The molecule has 182 valence electrons. The Morgan fingerprint density at radius 2 is 1.33 bits per heavy atom. The lowest BCUT2D eigenvalue weighted by Gasteiger charge is -2.21. The zero-order valence-corrected chi connectivity index (χ0v) is 19.9. The summed E-state index contributed by atoms with van der Waals surface area (Å²) < 4.78 is 17.5. The number of methoxy groups -OCH3 is 2. The van der Waals surface area contributed by atoms with Crippen molar-refractivity contribution < 1.29 is 28.6 Å². The Hall–Kier alpha value is -4.65. The van der Waals surface area contributed by atoms with E-state index in [1.165, 1.54) is 14.2 Å². The van der Waals surface area contributed by atoms with Gasteiger partial charge in [-0.25, -0.2) is 14.4 Å². The monoisotopic (exact) mass is 483 g/mol. The molecule has 0 radical (unpaired) electrons. The summed E-state index contributed by atoms with van der Waals surface area (Å²) in [5.74, 6) is -2.07. The highest BCUT2D eigenvalue weighted by Crippen LogP contribution is 2.36. The van der Waals surface area contributed by atoms with Crippen molar-refractivity contribution >= 4 is 17.9 Å². The van der Waals surface area contributed by atoms with E-state index in [0.29, 0.717) is 11.3 Å². The van der Waals surface area contributed by atoms with Crippen molar-refractivity contribution in [3.63, 3.8) is 0 Å². The minimum Gasteiger partial charge on any atom is -0.466 e. The SMILES string of the molecule is COC(=O)c1cc(-c2ccccc2)c(C(OC(=O)c2ccccc2)C(=O)OC)n1Cc1ccccc1. The lowest BCUT2D eigenvalue weighted by atomic mass is 10.0. The van der Waals surface area contributed by atoms with Gasteiger partial charge in [-0.1, -0.05) is 78.9 Å². The highest BCUT2D eigenvalue weighted by molar-refractivity contribution is 5.94. The summed E-state index contributed by atoms with van der Waals surface area (Å²) in [6.45, 7) is 0.226. The molecule has 0 saturated carbocycles. The fraction of sp³-hybridized carbons (Fsp3) is 0.138. The van der Waals surface area contributed by atoms with Crippen molar-refractivity contribution in [1.29, 1.82) is 0 Å². The van der Waals surface area contributed by atoms with Crippen LogP contribution in [-0.4, -0.2) is 36.7 Å². The zero-order valence-electron chi connectivity index (χ0n) is 19.9. The molecule has 1 aromatic heterocycles. The van der Waals surface area contributed by atoms with E-state index >= 15 is 0 Å². The highest BCUT2D eigenvalue weighted by Gasteiger charge is 2.35. The third-order valence-electron chi connectivity index (χ3n) is 5.70. The third kappa shape index (κ3) is 5.20. The maximum Gasteiger partial charge on any atom is 0.354 e. The topological polar surface area (TPSA) is 83.8 Å². The highest BCUT2D eigenvalue weighted by atomic mass is 16.6. The Morgan fingerprint density at radius 1 is 0.750 bits per heavy atom. The van der Waals surface area contributed by atoms with Crippen molar-refractivity contribution in [3.05, 3.63) is 120 Å². The molecular weight excluding hydrogens is 458 g/mol. The van der Waals surface area contributed by atoms with E-state index in [0.717, 1.165) is 11.1 Å². The molecule has 1 unspecified atom stereocenters. The second-order valence-electron chi connectivity index (χ2n) is 7.93. The molecule has 7 heteroatoms. The molecule has 36 heavy (non-hydrogen) atoms. The Bertz CT molecular complexity index is 1350. The number of esters is 3. The Kier molecular flexibility index (Phi) is 7.60. The van der Waals surface area contributed by atoms with Crippen LogP contribution in [-0.2, 0) is 25.5 Å². The minimum atomic E-state index is -1.44. The largest absolute Gasteiger partial charge is 0.466 e. The molecule has 4 aromatic rings. The quantitative estimate of drug-likeness (QED) is 0.257. The van der Waals surface area contributed by atoms with Gasteiger partial charge >= 0.3 is 17.9 Å². The van der Waals surface area contributed by atoms with Crippen LogP contribution in [0.2, 0.25) is 0 Å². The standard InChI is InChI=1S/C29H25NO6/c1-34-28(32)24-18-23(21-14-8-4-9-15-21)25(30(24)19-20-12-6-3-7-13-20)26(29(33)35-2)36-27(31)22-16-10-5-11-17-22/h3-18,26H,19H2,1-2H3. The van der Waals surface area contributed by atoms with E-state index in [2.05, 4.69) is 0 Å². The molecule has 0 aliphatic heterocycles. The summed E-state index contributed by atoms with van der Waals surface area (Å²) in [5.41, 5.74) is 2.94. The predicted octanol–water partition coefficient (Wildman–Crippen LogP) is 5.06. The zero-order chi connectivity index (χ0) is 25.5. The van der Waals surface area contributed by atoms with Gasteiger partial charge in [0.15, 0.2) is 0 Å². The van der Waals surface area contributed by atoms with Crippen molar-refractivity contribution in [3.8, 4) is 11.1 Å². The predicted molar refractivity (Wildman–Crippen MR) is 133 cm³/mol. The van der Waals surface area contributed by atoms with Crippen LogP contribution in [0.3, 0.4) is 0 Å². The molecule has 4 rings (SSSR count). The Balaban J connectivity index is 1.93. The lowest BCUT2D eigenvalue weighted by molar-refractivity contribution is -0.151. The van der Waals surface area contributed by atoms with E-state index < -0.39 is 24.0 Å². The van der Waals surface area contributed by atoms with Crippen LogP contribution in [0.15, 0.2) is 97.1 Å². The molecule has 1 heterocycles. The van der Waals surface area contributed by atoms with Crippen LogP contribution in [0.5, 0.6) is 0 Å². The first kappa shape index (κ1) is 24.5. The summed E-state index contributed by atoms with van der Waals surface area (Å²) in [6.07, 6.45) is -1.44. The number of nitrogens with zero attached hydrogens (tertiary/aromatic N) is 1. The minimum absolute atomic E-state index is 0.208. The van der Waals surface area contributed by atoms with Gasteiger partial charge in [-0.2, -0.15) is 0 Å². The van der Waals surface area contributed by atoms with Crippen LogP contribution in [0, 0.1) is 0 Å². The summed E-state index contributed by atoms with van der Waals surface area (Å²) >= 11 is 0. The van der Waals surface area contributed by atoms with E-state index in [-0.39, 0.29) is 17.8 Å². The maximum atomic E-state index is 13.1. The number of hydrogen-bond donors (Lipinski definition) is 0. The number of aromatic nitrogens is 1. The molecule has 0 saturated heterocycles. The summed E-state index contributed by atoms with van der Waals surface area (Å²) in [5, 5.41) is 0. The van der Waals surface area contributed by atoms with Crippen LogP contribution in [0.25, 0.3) is 11.1 Å². The van der Waals surface area contributed by atoms with Crippen LogP contribution < -0.4 is 0 Å². The van der Waals surface area contributed by atoms with Gasteiger partial charge in [0, 0.05) is 12.1 Å². The molecule has 0 N–H and O–H groups in total. The average molecular weight is 484 g/mol. The normalized spacial score (nSPS) is 11.4. The van der Waals surface area contributed by atoms with Gasteiger partial charge in [-0.3, -0.25) is 0 Å². The smallest absolute Gasteiger partial charge is 0.354 e. The fourth-order valence-electron chi connectivity index (χ4n) is 3.98. The molecule has 7 nitrogen and oxygen atoms in total. The molecule has 0 aliphatic rings. The number of rotatable bonds is 8. The number of carbonyl (C=O) groups excluding carboxylic acids is 3. The number of benzene rings is 3. The van der Waals surface area contributed by atoms with E-state index in [4.69, 9.17) is 14.2 Å².